The Morgan fingerprint density at radius 3 is 2.29 bits per heavy atom. The summed E-state index contributed by atoms with van der Waals surface area (Å²) >= 11 is 0. The van der Waals surface area contributed by atoms with Crippen LogP contribution in [0.1, 0.15) is 5.56 Å². The van der Waals surface area contributed by atoms with Gasteiger partial charge in [-0.1, -0.05) is 0 Å². The van der Waals surface area contributed by atoms with E-state index in [-0.39, 0.29) is 4.90 Å². The molecule has 0 aliphatic carbocycles. The van der Waals surface area contributed by atoms with Crippen molar-refractivity contribution in [3.63, 3.8) is 0 Å². The molecule has 0 amide bonds. The maximum atomic E-state index is 11.9. The second kappa shape index (κ2) is 6.27. The van der Waals surface area contributed by atoms with Crippen LogP contribution in [0.2, 0.25) is 0 Å². The van der Waals surface area contributed by atoms with Crippen LogP contribution in [0.25, 0.3) is 0 Å². The summed E-state index contributed by atoms with van der Waals surface area (Å²) in [6, 6.07) is 12.9. The van der Waals surface area contributed by atoms with Gasteiger partial charge in [-0.25, -0.2) is 4.83 Å². The summed E-state index contributed by atoms with van der Waals surface area (Å²) in [5, 5.41) is 3.73. The Bertz CT molecular complexity index is 723. The van der Waals surface area contributed by atoms with Crippen molar-refractivity contribution in [2.24, 2.45) is 5.10 Å². The predicted octanol–water partition coefficient (Wildman–Crippen LogP) is 1.59. The van der Waals surface area contributed by atoms with Crippen LogP contribution in [0.15, 0.2) is 58.5 Å². The van der Waals surface area contributed by atoms with Gasteiger partial charge in [0.15, 0.2) is 0 Å². The normalized spacial score (nSPS) is 11.5. The van der Waals surface area contributed by atoms with Gasteiger partial charge in [0.1, 0.15) is 5.75 Å². The first-order valence-electron chi connectivity index (χ1n) is 6.06. The fraction of sp³-hybridized carbons (Fsp3) is 0.0714. The minimum absolute atomic E-state index is 0.101. The van der Waals surface area contributed by atoms with E-state index in [1.165, 1.54) is 30.5 Å². The first-order valence-corrected chi connectivity index (χ1v) is 7.54. The Kier molecular flexibility index (Phi) is 4.44. The number of rotatable bonds is 5. The summed E-state index contributed by atoms with van der Waals surface area (Å²) < 4.78 is 28.9. The third-order valence-corrected chi connectivity index (χ3v) is 3.93. The van der Waals surface area contributed by atoms with Crippen molar-refractivity contribution < 1.29 is 13.2 Å². The first-order chi connectivity index (χ1) is 10.0. The topological polar surface area (TPSA) is 93.8 Å². The molecule has 2 aromatic rings. The molecule has 0 saturated heterocycles. The molecule has 0 unspecified atom stereocenters. The van der Waals surface area contributed by atoms with Gasteiger partial charge >= 0.3 is 0 Å². The van der Waals surface area contributed by atoms with E-state index in [4.69, 9.17) is 10.5 Å². The zero-order chi connectivity index (χ0) is 15.3. The van der Waals surface area contributed by atoms with Crippen molar-refractivity contribution in [2.75, 3.05) is 12.8 Å². The largest absolute Gasteiger partial charge is 0.497 e. The fourth-order valence-electron chi connectivity index (χ4n) is 1.56. The Balaban J connectivity index is 2.06. The van der Waals surface area contributed by atoms with Crippen molar-refractivity contribution in [3.8, 4) is 5.75 Å². The van der Waals surface area contributed by atoms with E-state index in [1.807, 2.05) is 0 Å². The predicted molar refractivity (Wildman–Crippen MR) is 81.8 cm³/mol. The lowest BCUT2D eigenvalue weighted by atomic mass is 10.2. The average molecular weight is 305 g/mol. The van der Waals surface area contributed by atoms with E-state index < -0.39 is 10.0 Å². The van der Waals surface area contributed by atoms with E-state index in [0.29, 0.717) is 5.69 Å². The third kappa shape index (κ3) is 3.96. The van der Waals surface area contributed by atoms with Gasteiger partial charge < -0.3 is 10.5 Å². The maximum Gasteiger partial charge on any atom is 0.276 e. The summed E-state index contributed by atoms with van der Waals surface area (Å²) in [4.78, 5) is 2.24. The highest BCUT2D eigenvalue weighted by molar-refractivity contribution is 7.89. The van der Waals surface area contributed by atoms with Gasteiger partial charge in [-0.3, -0.25) is 0 Å². The van der Waals surface area contributed by atoms with Gasteiger partial charge in [0, 0.05) is 5.69 Å². The Labute approximate surface area is 123 Å². The first kappa shape index (κ1) is 14.9. The molecule has 0 aliphatic heterocycles. The molecule has 0 atom stereocenters. The number of nitrogens with two attached hydrogens (primary N) is 1. The number of hydrazone groups is 1. The Hall–Kier alpha value is -2.54. The number of hydrogen-bond donors (Lipinski definition) is 2. The van der Waals surface area contributed by atoms with E-state index in [9.17, 15) is 8.42 Å². The van der Waals surface area contributed by atoms with Gasteiger partial charge in [-0.05, 0) is 54.1 Å². The molecular weight excluding hydrogens is 290 g/mol. The van der Waals surface area contributed by atoms with Crippen LogP contribution >= 0.6 is 0 Å². The number of methoxy groups -OCH3 is 1. The summed E-state index contributed by atoms with van der Waals surface area (Å²) in [5.41, 5.74) is 6.76. The van der Waals surface area contributed by atoms with Crippen molar-refractivity contribution in [2.45, 2.75) is 4.90 Å². The highest BCUT2D eigenvalue weighted by Gasteiger charge is 2.11. The molecule has 0 heterocycles. The molecule has 3 N–H and O–H groups in total. The van der Waals surface area contributed by atoms with Crippen LogP contribution in [-0.2, 0) is 10.0 Å². The van der Waals surface area contributed by atoms with Gasteiger partial charge in [0.2, 0.25) is 0 Å². The van der Waals surface area contributed by atoms with Crippen LogP contribution < -0.4 is 15.3 Å². The lowest BCUT2D eigenvalue weighted by Crippen LogP contribution is -2.18. The van der Waals surface area contributed by atoms with E-state index in [1.54, 1.807) is 31.4 Å². The van der Waals surface area contributed by atoms with Crippen LogP contribution in [0.4, 0.5) is 5.69 Å². The number of anilines is 1. The standard InChI is InChI=1S/C14H15N3O3S/c1-20-13-6-2-11(3-7-13)10-16-17-21(18,19)14-8-4-12(15)5-9-14/h2-10,17H,15H2,1H3/b16-10-. The molecule has 0 aromatic heterocycles. The molecule has 0 bridgehead atoms. The van der Waals surface area contributed by atoms with Crippen molar-refractivity contribution >= 4 is 21.9 Å². The quantitative estimate of drug-likeness (QED) is 0.498. The minimum atomic E-state index is -3.69. The highest BCUT2D eigenvalue weighted by atomic mass is 32.2. The lowest BCUT2D eigenvalue weighted by molar-refractivity contribution is 0.415. The molecule has 0 aliphatic rings. The summed E-state index contributed by atoms with van der Waals surface area (Å²) in [7, 11) is -2.11. The fourth-order valence-corrected chi connectivity index (χ4v) is 2.35. The van der Waals surface area contributed by atoms with Crippen LogP contribution in [0, 0.1) is 0 Å². The second-order valence-electron chi connectivity index (χ2n) is 4.20. The Morgan fingerprint density at radius 1 is 1.10 bits per heavy atom. The van der Waals surface area contributed by atoms with E-state index in [0.717, 1.165) is 11.3 Å². The van der Waals surface area contributed by atoms with Gasteiger partial charge in [-0.15, -0.1) is 0 Å². The van der Waals surface area contributed by atoms with Crippen molar-refractivity contribution in [3.05, 3.63) is 54.1 Å². The zero-order valence-corrected chi connectivity index (χ0v) is 12.2. The number of nitrogen functional groups attached to an aromatic ring is 1. The zero-order valence-electron chi connectivity index (χ0n) is 11.4. The number of benzene rings is 2. The number of nitrogens with one attached hydrogen (secondary N) is 1. The van der Waals surface area contributed by atoms with Crippen molar-refractivity contribution in [1.29, 1.82) is 0 Å². The number of sulfonamides is 1. The van der Waals surface area contributed by atoms with Gasteiger partial charge in [0.25, 0.3) is 10.0 Å². The molecule has 0 spiro atoms. The van der Waals surface area contributed by atoms with Gasteiger partial charge in [0.05, 0.1) is 18.2 Å². The number of nitrogens with zero attached hydrogens (tertiary/aromatic N) is 1. The molecule has 110 valence electrons. The minimum Gasteiger partial charge on any atom is -0.497 e. The second-order valence-corrected chi connectivity index (χ2v) is 5.86. The van der Waals surface area contributed by atoms with Crippen molar-refractivity contribution in [1.82, 2.24) is 4.83 Å². The SMILES string of the molecule is COc1ccc(/C=N\NS(=O)(=O)c2ccc(N)cc2)cc1. The molecule has 21 heavy (non-hydrogen) atoms. The molecule has 7 heteroatoms. The highest BCUT2D eigenvalue weighted by Crippen LogP contribution is 2.12. The smallest absolute Gasteiger partial charge is 0.276 e. The molecular formula is C14H15N3O3S. The summed E-state index contributed by atoms with van der Waals surface area (Å²) in [6.07, 6.45) is 1.41. The molecule has 0 fully saturated rings. The number of hydrogen-bond acceptors (Lipinski definition) is 5. The van der Waals surface area contributed by atoms with E-state index in [2.05, 4.69) is 9.93 Å². The van der Waals surface area contributed by atoms with Crippen LogP contribution in [-0.4, -0.2) is 21.7 Å². The average Bonchev–Trinajstić information content (AvgIpc) is 2.48. The third-order valence-electron chi connectivity index (χ3n) is 2.69. The maximum absolute atomic E-state index is 11.9. The van der Waals surface area contributed by atoms with E-state index >= 15 is 0 Å². The summed E-state index contributed by atoms with van der Waals surface area (Å²) in [6.45, 7) is 0. The summed E-state index contributed by atoms with van der Waals surface area (Å²) in [5.74, 6) is 0.717. The number of ether oxygens (including phenoxy) is 1. The van der Waals surface area contributed by atoms with Gasteiger partial charge in [-0.2, -0.15) is 13.5 Å². The molecule has 2 rings (SSSR count). The molecule has 0 saturated carbocycles. The van der Waals surface area contributed by atoms with Crippen LogP contribution in [0.3, 0.4) is 0 Å². The van der Waals surface area contributed by atoms with Crippen LogP contribution in [0.5, 0.6) is 5.75 Å². The Morgan fingerprint density at radius 2 is 1.71 bits per heavy atom. The molecule has 0 radical (unpaired) electrons. The molecule has 6 nitrogen and oxygen atoms in total. The molecule has 2 aromatic carbocycles. The lowest BCUT2D eigenvalue weighted by Gasteiger charge is -2.03. The monoisotopic (exact) mass is 305 g/mol.